The molecule has 0 amide bonds. The molecule has 0 aliphatic rings. The quantitative estimate of drug-likeness (QED) is 0.457. The van der Waals surface area contributed by atoms with Gasteiger partial charge in [-0.2, -0.15) is 0 Å². The molecule has 0 saturated heterocycles. The SMILES string of the molecule is O=[N+]([O-])c1ccc(O[P](=O)O)cc1. The molecule has 0 aliphatic carbocycles. The average Bonchev–Trinajstić information content (AvgIpc) is 2.04. The van der Waals surface area contributed by atoms with E-state index in [9.17, 15) is 14.7 Å². The van der Waals surface area contributed by atoms with Crippen LogP contribution in [-0.4, -0.2) is 9.82 Å². The molecular formula is C6H5NO5P. The summed E-state index contributed by atoms with van der Waals surface area (Å²) in [5.74, 6) is 0.120. The predicted octanol–water partition coefficient (Wildman–Crippen LogP) is 1.62. The van der Waals surface area contributed by atoms with Gasteiger partial charge in [0.25, 0.3) is 5.69 Å². The lowest BCUT2D eigenvalue weighted by molar-refractivity contribution is -0.384. The van der Waals surface area contributed by atoms with Gasteiger partial charge in [0.2, 0.25) is 0 Å². The van der Waals surface area contributed by atoms with E-state index in [4.69, 9.17) is 4.89 Å². The molecule has 1 aromatic rings. The first-order valence-corrected chi connectivity index (χ1v) is 4.31. The molecule has 6 nitrogen and oxygen atoms in total. The zero-order valence-electron chi connectivity index (χ0n) is 6.28. The van der Waals surface area contributed by atoms with Gasteiger partial charge in [0.05, 0.1) is 4.92 Å². The number of non-ortho nitro benzene ring substituents is 1. The maximum absolute atomic E-state index is 10.2. The minimum Gasteiger partial charge on any atom is -0.398 e. The molecule has 1 N–H and O–H groups in total. The molecule has 69 valence electrons. The third-order valence-corrected chi connectivity index (χ3v) is 1.60. The van der Waals surface area contributed by atoms with E-state index in [1.807, 2.05) is 0 Å². The summed E-state index contributed by atoms with van der Waals surface area (Å²) in [4.78, 5) is 18.0. The number of rotatable bonds is 3. The Bertz CT molecular complexity index is 335. The molecule has 0 fully saturated rings. The van der Waals surface area contributed by atoms with Crippen molar-refractivity contribution in [2.45, 2.75) is 0 Å². The normalized spacial score (nSPS) is 10.7. The zero-order chi connectivity index (χ0) is 9.84. The van der Waals surface area contributed by atoms with E-state index >= 15 is 0 Å². The van der Waals surface area contributed by atoms with Crippen LogP contribution in [0.1, 0.15) is 0 Å². The number of nitro benzene ring substituents is 1. The van der Waals surface area contributed by atoms with E-state index in [2.05, 4.69) is 4.52 Å². The number of nitrogens with zero attached hydrogens (tertiary/aromatic N) is 1. The Kier molecular flexibility index (Phi) is 2.89. The van der Waals surface area contributed by atoms with Crippen LogP contribution in [0, 0.1) is 10.1 Å². The van der Waals surface area contributed by atoms with Gasteiger partial charge >= 0.3 is 8.25 Å². The summed E-state index contributed by atoms with van der Waals surface area (Å²) in [6.07, 6.45) is 0. The van der Waals surface area contributed by atoms with Crippen LogP contribution in [-0.2, 0) is 4.57 Å². The first kappa shape index (κ1) is 9.57. The maximum atomic E-state index is 10.2. The lowest BCUT2D eigenvalue weighted by atomic mass is 10.3. The van der Waals surface area contributed by atoms with Gasteiger partial charge < -0.3 is 4.52 Å². The average molecular weight is 202 g/mol. The van der Waals surface area contributed by atoms with Gasteiger partial charge in [-0.3, -0.25) is 15.0 Å². The van der Waals surface area contributed by atoms with E-state index in [-0.39, 0.29) is 11.4 Å². The fourth-order valence-corrected chi connectivity index (χ4v) is 1.02. The highest BCUT2D eigenvalue weighted by Gasteiger charge is 2.05. The Morgan fingerprint density at radius 2 is 1.92 bits per heavy atom. The van der Waals surface area contributed by atoms with Crippen LogP contribution in [0.15, 0.2) is 24.3 Å². The molecule has 1 radical (unpaired) electrons. The molecule has 0 spiro atoms. The molecular weight excluding hydrogens is 197 g/mol. The summed E-state index contributed by atoms with van der Waals surface area (Å²) in [5.41, 5.74) is -0.0967. The highest BCUT2D eigenvalue weighted by molar-refractivity contribution is 7.32. The van der Waals surface area contributed by atoms with Crippen LogP contribution in [0.3, 0.4) is 0 Å². The Hall–Kier alpha value is -1.52. The Balaban J connectivity index is 2.81. The van der Waals surface area contributed by atoms with Crippen LogP contribution in [0.5, 0.6) is 5.75 Å². The van der Waals surface area contributed by atoms with Gasteiger partial charge in [-0.1, -0.05) is 0 Å². The van der Waals surface area contributed by atoms with E-state index < -0.39 is 13.2 Å². The van der Waals surface area contributed by atoms with Crippen molar-refractivity contribution >= 4 is 13.9 Å². The second-order valence-electron chi connectivity index (χ2n) is 2.08. The van der Waals surface area contributed by atoms with Crippen molar-refractivity contribution in [1.29, 1.82) is 0 Å². The predicted molar refractivity (Wildman–Crippen MR) is 43.5 cm³/mol. The Labute approximate surface area is 73.9 Å². The second kappa shape index (κ2) is 3.93. The largest absolute Gasteiger partial charge is 0.426 e. The van der Waals surface area contributed by atoms with Gasteiger partial charge in [-0.05, 0) is 12.1 Å². The van der Waals surface area contributed by atoms with E-state index in [1.165, 1.54) is 24.3 Å². The van der Waals surface area contributed by atoms with Gasteiger partial charge in [0.1, 0.15) is 5.75 Å². The smallest absolute Gasteiger partial charge is 0.398 e. The van der Waals surface area contributed by atoms with Crippen LogP contribution in [0.25, 0.3) is 0 Å². The van der Waals surface area contributed by atoms with Crippen molar-refractivity contribution in [2.24, 2.45) is 0 Å². The molecule has 7 heteroatoms. The Morgan fingerprint density at radius 1 is 1.38 bits per heavy atom. The molecule has 0 aromatic heterocycles. The van der Waals surface area contributed by atoms with Gasteiger partial charge in [-0.15, -0.1) is 0 Å². The number of benzene rings is 1. The third-order valence-electron chi connectivity index (χ3n) is 1.23. The third kappa shape index (κ3) is 2.77. The number of nitro groups is 1. The summed E-state index contributed by atoms with van der Waals surface area (Å²) in [7, 11) is -2.72. The number of hydrogen-bond donors (Lipinski definition) is 1. The number of hydrogen-bond acceptors (Lipinski definition) is 4. The Morgan fingerprint density at radius 3 is 2.31 bits per heavy atom. The zero-order valence-corrected chi connectivity index (χ0v) is 7.18. The topological polar surface area (TPSA) is 89.7 Å². The van der Waals surface area contributed by atoms with Gasteiger partial charge in [0.15, 0.2) is 0 Å². The highest BCUT2D eigenvalue weighted by Crippen LogP contribution is 2.24. The van der Waals surface area contributed by atoms with E-state index in [1.54, 1.807) is 0 Å². The van der Waals surface area contributed by atoms with Crippen molar-refractivity contribution in [3.63, 3.8) is 0 Å². The summed E-state index contributed by atoms with van der Waals surface area (Å²) >= 11 is 0. The summed E-state index contributed by atoms with van der Waals surface area (Å²) in [6, 6.07) is 4.88. The standard InChI is InChI=1S/C6H5NO5P/c8-7(9)5-1-3-6(4-2-5)12-13(10)11/h1-4H,(H,10,11). The van der Waals surface area contributed by atoms with Crippen LogP contribution in [0.2, 0.25) is 0 Å². The van der Waals surface area contributed by atoms with Crippen LogP contribution >= 0.6 is 8.25 Å². The molecule has 1 atom stereocenters. The van der Waals surface area contributed by atoms with Crippen LogP contribution in [0.4, 0.5) is 5.69 Å². The fourth-order valence-electron chi connectivity index (χ4n) is 0.719. The fraction of sp³-hybridized carbons (Fsp3) is 0. The van der Waals surface area contributed by atoms with Crippen molar-refractivity contribution in [3.8, 4) is 5.75 Å². The first-order valence-electron chi connectivity index (χ1n) is 3.18. The second-order valence-corrected chi connectivity index (χ2v) is 2.74. The molecule has 1 aromatic carbocycles. The molecule has 0 heterocycles. The monoisotopic (exact) mass is 202 g/mol. The highest BCUT2D eigenvalue weighted by atomic mass is 31.1. The van der Waals surface area contributed by atoms with Crippen molar-refractivity contribution in [1.82, 2.24) is 0 Å². The summed E-state index contributed by atoms with van der Waals surface area (Å²) < 4.78 is 14.6. The molecule has 0 saturated carbocycles. The lowest BCUT2D eigenvalue weighted by Crippen LogP contribution is -1.87. The molecule has 0 aliphatic heterocycles. The van der Waals surface area contributed by atoms with E-state index in [0.29, 0.717) is 0 Å². The summed E-state index contributed by atoms with van der Waals surface area (Å²) in [6.45, 7) is 0. The van der Waals surface area contributed by atoms with Crippen molar-refractivity contribution < 1.29 is 18.9 Å². The van der Waals surface area contributed by atoms with Crippen LogP contribution < -0.4 is 4.52 Å². The molecule has 1 rings (SSSR count). The van der Waals surface area contributed by atoms with Crippen molar-refractivity contribution in [2.75, 3.05) is 0 Å². The maximum Gasteiger partial charge on any atom is 0.426 e. The minimum absolute atomic E-state index is 0.0967. The van der Waals surface area contributed by atoms with Gasteiger partial charge in [-0.25, -0.2) is 4.57 Å². The first-order chi connectivity index (χ1) is 6.09. The molecule has 1 unspecified atom stereocenters. The minimum atomic E-state index is -2.72. The molecule has 13 heavy (non-hydrogen) atoms. The lowest BCUT2D eigenvalue weighted by Gasteiger charge is -1.97. The summed E-state index contributed by atoms with van der Waals surface area (Å²) in [5, 5.41) is 10.2. The van der Waals surface area contributed by atoms with Crippen molar-refractivity contribution in [3.05, 3.63) is 34.4 Å². The van der Waals surface area contributed by atoms with E-state index in [0.717, 1.165) is 0 Å². The van der Waals surface area contributed by atoms with Gasteiger partial charge in [0, 0.05) is 12.1 Å². The molecule has 0 bridgehead atoms.